The van der Waals surface area contributed by atoms with Gasteiger partial charge in [-0.25, -0.2) is 0 Å². The Morgan fingerprint density at radius 3 is 2.36 bits per heavy atom. The summed E-state index contributed by atoms with van der Waals surface area (Å²) in [6.45, 7) is 4.42. The van der Waals surface area contributed by atoms with Crippen molar-refractivity contribution in [3.63, 3.8) is 0 Å². The monoisotopic (exact) mass is 338 g/mol. The summed E-state index contributed by atoms with van der Waals surface area (Å²) in [6.07, 6.45) is 1.12. The number of nitrogens with one attached hydrogen (secondary N) is 1. The van der Waals surface area contributed by atoms with E-state index >= 15 is 0 Å². The molecule has 0 bridgehead atoms. The van der Waals surface area contributed by atoms with Crippen molar-refractivity contribution in [1.82, 2.24) is 5.32 Å². The Morgan fingerprint density at radius 1 is 1.23 bits per heavy atom. The minimum atomic E-state index is -0.139. The summed E-state index contributed by atoms with van der Waals surface area (Å²) in [6, 6.07) is 12.4. The number of nitrogens with two attached hydrogens (primary N) is 1. The second kappa shape index (κ2) is 8.93. The lowest BCUT2D eigenvalue weighted by atomic mass is 9.95. The normalized spacial score (nSPS) is 13.0. The Morgan fingerprint density at radius 2 is 1.86 bits per heavy atom. The molecule has 2 rings (SSSR count). The van der Waals surface area contributed by atoms with Crippen LogP contribution in [0, 0.1) is 0 Å². The average molecular weight is 339 g/mol. The molecule has 22 heavy (non-hydrogen) atoms. The topological polar surface area (TPSA) is 55.1 Å². The maximum absolute atomic E-state index is 11.7. The second-order valence-electron chi connectivity index (χ2n) is 5.20. The van der Waals surface area contributed by atoms with E-state index in [1.54, 1.807) is 11.3 Å². The van der Waals surface area contributed by atoms with Gasteiger partial charge in [0.2, 0.25) is 5.91 Å². The zero-order chi connectivity index (χ0) is 15.2. The third-order valence-corrected chi connectivity index (χ3v) is 4.71. The molecule has 1 aromatic carbocycles. The maximum Gasteiger partial charge on any atom is 0.234 e. The minimum Gasteiger partial charge on any atom is -0.343 e. The number of thiophene rings is 1. The Labute approximate surface area is 142 Å². The van der Waals surface area contributed by atoms with E-state index in [1.807, 2.05) is 17.5 Å². The van der Waals surface area contributed by atoms with Crippen LogP contribution in [0.3, 0.4) is 0 Å². The smallest absolute Gasteiger partial charge is 0.234 e. The highest BCUT2D eigenvalue weighted by Crippen LogP contribution is 2.28. The lowest BCUT2D eigenvalue weighted by Crippen LogP contribution is -2.33. The predicted octanol–water partition coefficient (Wildman–Crippen LogP) is 3.85. The van der Waals surface area contributed by atoms with Crippen molar-refractivity contribution in [3.05, 3.63) is 57.8 Å². The van der Waals surface area contributed by atoms with Crippen LogP contribution in [-0.4, -0.2) is 12.5 Å². The molecule has 0 aliphatic heterocycles. The van der Waals surface area contributed by atoms with Gasteiger partial charge in [0, 0.05) is 4.88 Å². The molecule has 0 radical (unpaired) electrons. The molecule has 0 fully saturated rings. The quantitative estimate of drug-likeness (QED) is 0.840. The fourth-order valence-electron chi connectivity index (χ4n) is 2.25. The van der Waals surface area contributed by atoms with E-state index in [9.17, 15) is 4.79 Å². The molecule has 1 heterocycles. The fourth-order valence-corrected chi connectivity index (χ4v) is 3.05. The highest BCUT2D eigenvalue weighted by atomic mass is 35.5. The van der Waals surface area contributed by atoms with Gasteiger partial charge in [0.15, 0.2) is 0 Å². The summed E-state index contributed by atoms with van der Waals surface area (Å²) in [5, 5.41) is 5.01. The van der Waals surface area contributed by atoms with Gasteiger partial charge >= 0.3 is 0 Å². The zero-order valence-electron chi connectivity index (χ0n) is 12.9. The van der Waals surface area contributed by atoms with Gasteiger partial charge in [0.1, 0.15) is 0 Å². The van der Waals surface area contributed by atoms with Crippen molar-refractivity contribution in [2.24, 2.45) is 5.73 Å². The SMILES string of the molecule is CCC(C)c1ccc(C(NC(=O)CN)c2cccs2)cc1.Cl. The first-order valence-electron chi connectivity index (χ1n) is 7.28. The minimum absolute atomic E-state index is 0. The summed E-state index contributed by atoms with van der Waals surface area (Å²) in [7, 11) is 0. The first-order chi connectivity index (χ1) is 10.2. The van der Waals surface area contributed by atoms with Crippen molar-refractivity contribution in [1.29, 1.82) is 0 Å². The van der Waals surface area contributed by atoms with Crippen molar-refractivity contribution in [3.8, 4) is 0 Å². The van der Waals surface area contributed by atoms with Gasteiger partial charge in [-0.3, -0.25) is 4.79 Å². The van der Waals surface area contributed by atoms with E-state index in [1.165, 1.54) is 5.56 Å². The van der Waals surface area contributed by atoms with Crippen LogP contribution in [0.15, 0.2) is 41.8 Å². The standard InChI is InChI=1S/C17H22N2OS.ClH/c1-3-12(2)13-6-8-14(9-7-13)17(19-16(20)11-18)15-5-4-10-21-15;/h4-10,12,17H,3,11,18H2,1-2H3,(H,19,20);1H. The molecule has 0 saturated heterocycles. The van der Waals surface area contributed by atoms with Gasteiger partial charge in [0.25, 0.3) is 0 Å². The molecule has 5 heteroatoms. The molecule has 0 spiro atoms. The van der Waals surface area contributed by atoms with Crippen LogP contribution in [0.2, 0.25) is 0 Å². The number of carbonyl (C=O) groups is 1. The van der Waals surface area contributed by atoms with E-state index < -0.39 is 0 Å². The lowest BCUT2D eigenvalue weighted by molar-refractivity contribution is -0.120. The first-order valence-corrected chi connectivity index (χ1v) is 8.16. The largest absolute Gasteiger partial charge is 0.343 e. The van der Waals surface area contributed by atoms with E-state index in [-0.39, 0.29) is 30.9 Å². The van der Waals surface area contributed by atoms with Crippen LogP contribution < -0.4 is 11.1 Å². The summed E-state index contributed by atoms with van der Waals surface area (Å²) >= 11 is 1.64. The Hall–Kier alpha value is -1.36. The maximum atomic E-state index is 11.7. The Bertz CT molecular complexity index is 569. The van der Waals surface area contributed by atoms with Crippen LogP contribution in [0.4, 0.5) is 0 Å². The van der Waals surface area contributed by atoms with Gasteiger partial charge in [-0.15, -0.1) is 23.7 Å². The molecule has 1 aromatic heterocycles. The molecular formula is C17H23ClN2OS. The third-order valence-electron chi connectivity index (χ3n) is 3.77. The molecule has 0 aliphatic rings. The van der Waals surface area contributed by atoms with Crippen molar-refractivity contribution in [2.45, 2.75) is 32.2 Å². The number of rotatable bonds is 6. The second-order valence-corrected chi connectivity index (χ2v) is 6.18. The van der Waals surface area contributed by atoms with Crippen molar-refractivity contribution in [2.75, 3.05) is 6.54 Å². The van der Waals surface area contributed by atoms with Crippen molar-refractivity contribution < 1.29 is 4.79 Å². The highest BCUT2D eigenvalue weighted by molar-refractivity contribution is 7.10. The molecule has 120 valence electrons. The highest BCUT2D eigenvalue weighted by Gasteiger charge is 2.17. The molecule has 3 N–H and O–H groups in total. The predicted molar refractivity (Wildman–Crippen MR) is 95.8 cm³/mol. The van der Waals surface area contributed by atoms with Crippen molar-refractivity contribution >= 4 is 29.7 Å². The van der Waals surface area contributed by atoms with Gasteiger partial charge in [-0.05, 0) is 34.9 Å². The zero-order valence-corrected chi connectivity index (χ0v) is 14.5. The lowest BCUT2D eigenvalue weighted by Gasteiger charge is -2.19. The number of hydrogen-bond acceptors (Lipinski definition) is 3. The first kappa shape index (κ1) is 18.7. The van der Waals surface area contributed by atoms with E-state index in [0.717, 1.165) is 16.9 Å². The van der Waals surface area contributed by atoms with Gasteiger partial charge in [-0.1, -0.05) is 44.2 Å². The number of amides is 1. The number of halogens is 1. The van der Waals surface area contributed by atoms with Crippen LogP contribution in [0.25, 0.3) is 0 Å². The molecule has 2 unspecified atom stereocenters. The van der Waals surface area contributed by atoms with Gasteiger partial charge < -0.3 is 11.1 Å². The van der Waals surface area contributed by atoms with Gasteiger partial charge in [0.05, 0.1) is 12.6 Å². The summed E-state index contributed by atoms with van der Waals surface area (Å²) in [4.78, 5) is 12.8. The Balaban J connectivity index is 0.00000242. The molecule has 2 atom stereocenters. The average Bonchev–Trinajstić information content (AvgIpc) is 3.06. The van der Waals surface area contributed by atoms with E-state index in [2.05, 4.69) is 43.4 Å². The number of hydrogen-bond donors (Lipinski definition) is 2. The van der Waals surface area contributed by atoms with Crippen LogP contribution in [0.5, 0.6) is 0 Å². The van der Waals surface area contributed by atoms with Gasteiger partial charge in [-0.2, -0.15) is 0 Å². The third kappa shape index (κ3) is 4.57. The van der Waals surface area contributed by atoms with Crippen LogP contribution >= 0.6 is 23.7 Å². The summed E-state index contributed by atoms with van der Waals surface area (Å²) < 4.78 is 0. The molecule has 0 saturated carbocycles. The molecule has 0 aliphatic carbocycles. The van der Waals surface area contributed by atoms with Crippen LogP contribution in [-0.2, 0) is 4.79 Å². The fraction of sp³-hybridized carbons (Fsp3) is 0.353. The van der Waals surface area contributed by atoms with E-state index in [0.29, 0.717) is 5.92 Å². The molecule has 1 amide bonds. The number of carbonyl (C=O) groups excluding carboxylic acids is 1. The van der Waals surface area contributed by atoms with Crippen LogP contribution in [0.1, 0.15) is 48.2 Å². The van der Waals surface area contributed by atoms with E-state index in [4.69, 9.17) is 5.73 Å². The molecule has 3 nitrogen and oxygen atoms in total. The number of benzene rings is 1. The molecule has 2 aromatic rings. The summed E-state index contributed by atoms with van der Waals surface area (Å²) in [5.41, 5.74) is 7.84. The molecular weight excluding hydrogens is 316 g/mol. The summed E-state index contributed by atoms with van der Waals surface area (Å²) in [5.74, 6) is 0.414. The Kier molecular flexibility index (Phi) is 7.59.